The standard InChI is InChI=1S/C15H26N4O2/c1-4-13-17-14(5-2)19(18-13)10-9-12(15(20)21-6-3)16-11-7-8-11/h11-12,16H,4-10H2,1-3H3. The summed E-state index contributed by atoms with van der Waals surface area (Å²) in [5.41, 5.74) is 0. The smallest absolute Gasteiger partial charge is 0.323 e. The van der Waals surface area contributed by atoms with Crippen LogP contribution in [0.5, 0.6) is 0 Å². The molecule has 0 aliphatic heterocycles. The van der Waals surface area contributed by atoms with E-state index in [0.29, 0.717) is 25.6 Å². The van der Waals surface area contributed by atoms with Crippen LogP contribution in [0.1, 0.15) is 51.7 Å². The van der Waals surface area contributed by atoms with Gasteiger partial charge in [0.25, 0.3) is 0 Å². The monoisotopic (exact) mass is 294 g/mol. The Kier molecular flexibility index (Phi) is 5.73. The number of aryl methyl sites for hydroxylation is 3. The van der Waals surface area contributed by atoms with Crippen molar-refractivity contribution in [1.82, 2.24) is 20.1 Å². The fraction of sp³-hybridized carbons (Fsp3) is 0.800. The molecule has 1 aliphatic carbocycles. The lowest BCUT2D eigenvalue weighted by atomic mass is 10.2. The number of aromatic nitrogens is 3. The molecular formula is C15H26N4O2. The Labute approximate surface area is 126 Å². The van der Waals surface area contributed by atoms with Crippen molar-refractivity contribution in [3.05, 3.63) is 11.6 Å². The maximum absolute atomic E-state index is 12.0. The van der Waals surface area contributed by atoms with Crippen LogP contribution in [-0.4, -0.2) is 39.4 Å². The summed E-state index contributed by atoms with van der Waals surface area (Å²) in [5.74, 6) is 1.70. The molecule has 1 aliphatic rings. The minimum atomic E-state index is -0.239. The molecule has 0 amide bonds. The molecule has 1 heterocycles. The van der Waals surface area contributed by atoms with E-state index in [1.54, 1.807) is 0 Å². The molecule has 0 bridgehead atoms. The number of carbonyl (C=O) groups excluding carboxylic acids is 1. The molecule has 1 unspecified atom stereocenters. The summed E-state index contributed by atoms with van der Waals surface area (Å²) in [5, 5.41) is 7.87. The van der Waals surface area contributed by atoms with E-state index in [9.17, 15) is 4.79 Å². The lowest BCUT2D eigenvalue weighted by Gasteiger charge is -2.17. The van der Waals surface area contributed by atoms with Crippen molar-refractivity contribution in [3.63, 3.8) is 0 Å². The van der Waals surface area contributed by atoms with E-state index >= 15 is 0 Å². The third-order valence-corrected chi connectivity index (χ3v) is 3.64. The zero-order valence-electron chi connectivity index (χ0n) is 13.3. The minimum absolute atomic E-state index is 0.154. The zero-order chi connectivity index (χ0) is 15.2. The highest BCUT2D eigenvalue weighted by molar-refractivity contribution is 5.75. The van der Waals surface area contributed by atoms with Gasteiger partial charge in [0.15, 0.2) is 5.82 Å². The van der Waals surface area contributed by atoms with E-state index in [-0.39, 0.29) is 12.0 Å². The highest BCUT2D eigenvalue weighted by Gasteiger charge is 2.29. The van der Waals surface area contributed by atoms with Crippen LogP contribution in [0.4, 0.5) is 0 Å². The third kappa shape index (κ3) is 4.52. The molecule has 0 aromatic carbocycles. The molecule has 1 aromatic heterocycles. The van der Waals surface area contributed by atoms with Gasteiger partial charge in [0.1, 0.15) is 11.9 Å². The van der Waals surface area contributed by atoms with Gasteiger partial charge in [-0.2, -0.15) is 5.10 Å². The van der Waals surface area contributed by atoms with Crippen molar-refractivity contribution >= 4 is 5.97 Å². The molecule has 6 heteroatoms. The summed E-state index contributed by atoms with van der Waals surface area (Å²) in [6.45, 7) is 7.08. The van der Waals surface area contributed by atoms with Crippen LogP contribution < -0.4 is 5.32 Å². The molecule has 118 valence electrons. The Morgan fingerprint density at radius 1 is 1.38 bits per heavy atom. The predicted octanol–water partition coefficient (Wildman–Crippen LogP) is 1.48. The highest BCUT2D eigenvalue weighted by Crippen LogP contribution is 2.20. The van der Waals surface area contributed by atoms with Gasteiger partial charge in [0, 0.05) is 25.4 Å². The average Bonchev–Trinajstić information content (AvgIpc) is 3.21. The van der Waals surface area contributed by atoms with Crippen molar-refractivity contribution < 1.29 is 9.53 Å². The predicted molar refractivity (Wildman–Crippen MR) is 80.0 cm³/mol. The van der Waals surface area contributed by atoms with Crippen molar-refractivity contribution in [2.24, 2.45) is 0 Å². The van der Waals surface area contributed by atoms with Gasteiger partial charge >= 0.3 is 5.97 Å². The molecule has 0 spiro atoms. The van der Waals surface area contributed by atoms with Gasteiger partial charge in [-0.1, -0.05) is 13.8 Å². The van der Waals surface area contributed by atoms with Gasteiger partial charge < -0.3 is 10.1 Å². The van der Waals surface area contributed by atoms with Crippen LogP contribution in [0.15, 0.2) is 0 Å². The Morgan fingerprint density at radius 3 is 2.71 bits per heavy atom. The van der Waals surface area contributed by atoms with E-state index in [1.165, 1.54) is 0 Å². The van der Waals surface area contributed by atoms with Crippen molar-refractivity contribution in [2.45, 2.75) is 71.5 Å². The normalized spacial score (nSPS) is 16.0. The molecule has 1 saturated carbocycles. The first kappa shape index (κ1) is 15.9. The lowest BCUT2D eigenvalue weighted by molar-refractivity contribution is -0.146. The second-order valence-electron chi connectivity index (χ2n) is 5.41. The molecule has 6 nitrogen and oxygen atoms in total. The van der Waals surface area contributed by atoms with Crippen LogP contribution >= 0.6 is 0 Å². The molecule has 0 saturated heterocycles. The van der Waals surface area contributed by atoms with Crippen LogP contribution in [0.25, 0.3) is 0 Å². The van der Waals surface area contributed by atoms with E-state index in [1.807, 2.05) is 11.6 Å². The number of ether oxygens (including phenoxy) is 1. The summed E-state index contributed by atoms with van der Waals surface area (Å²) < 4.78 is 7.09. The number of hydrogen-bond acceptors (Lipinski definition) is 5. The fourth-order valence-electron chi connectivity index (χ4n) is 2.31. The van der Waals surface area contributed by atoms with Gasteiger partial charge in [0.05, 0.1) is 6.61 Å². The van der Waals surface area contributed by atoms with Gasteiger partial charge in [-0.15, -0.1) is 0 Å². The van der Waals surface area contributed by atoms with Crippen molar-refractivity contribution in [1.29, 1.82) is 0 Å². The molecule has 0 radical (unpaired) electrons. The Morgan fingerprint density at radius 2 is 2.14 bits per heavy atom. The minimum Gasteiger partial charge on any atom is -0.465 e. The quantitative estimate of drug-likeness (QED) is 0.699. The highest BCUT2D eigenvalue weighted by atomic mass is 16.5. The maximum Gasteiger partial charge on any atom is 0.323 e. The van der Waals surface area contributed by atoms with E-state index in [2.05, 4.69) is 29.2 Å². The number of hydrogen-bond donors (Lipinski definition) is 1. The number of esters is 1. The molecule has 21 heavy (non-hydrogen) atoms. The number of nitrogens with one attached hydrogen (secondary N) is 1. The number of carbonyl (C=O) groups is 1. The molecular weight excluding hydrogens is 268 g/mol. The molecule has 1 atom stereocenters. The molecule has 1 fully saturated rings. The van der Waals surface area contributed by atoms with E-state index in [0.717, 1.165) is 37.3 Å². The average molecular weight is 294 g/mol. The topological polar surface area (TPSA) is 69.0 Å². The largest absolute Gasteiger partial charge is 0.465 e. The van der Waals surface area contributed by atoms with Crippen LogP contribution in [0, 0.1) is 0 Å². The van der Waals surface area contributed by atoms with Crippen molar-refractivity contribution in [3.8, 4) is 0 Å². The Bertz CT molecular complexity index is 468. The summed E-state index contributed by atoms with van der Waals surface area (Å²) in [6, 6.07) is 0.239. The molecule has 1 aromatic rings. The molecule has 2 rings (SSSR count). The lowest BCUT2D eigenvalue weighted by Crippen LogP contribution is -2.40. The zero-order valence-corrected chi connectivity index (χ0v) is 13.3. The number of rotatable bonds is 9. The second-order valence-corrected chi connectivity index (χ2v) is 5.41. The van der Waals surface area contributed by atoms with Crippen molar-refractivity contribution in [2.75, 3.05) is 6.61 Å². The maximum atomic E-state index is 12.0. The summed E-state index contributed by atoms with van der Waals surface area (Å²) >= 11 is 0. The van der Waals surface area contributed by atoms with Crippen LogP contribution in [-0.2, 0) is 28.9 Å². The summed E-state index contributed by atoms with van der Waals surface area (Å²) in [6.07, 6.45) is 4.68. The third-order valence-electron chi connectivity index (χ3n) is 3.64. The summed E-state index contributed by atoms with van der Waals surface area (Å²) in [4.78, 5) is 16.5. The Hall–Kier alpha value is -1.43. The first-order valence-corrected chi connectivity index (χ1v) is 8.03. The van der Waals surface area contributed by atoms with E-state index in [4.69, 9.17) is 4.74 Å². The first-order chi connectivity index (χ1) is 10.2. The van der Waals surface area contributed by atoms with Gasteiger partial charge in [-0.05, 0) is 26.2 Å². The molecule has 1 N–H and O–H groups in total. The van der Waals surface area contributed by atoms with Crippen LogP contribution in [0.3, 0.4) is 0 Å². The second kappa shape index (κ2) is 7.54. The van der Waals surface area contributed by atoms with E-state index < -0.39 is 0 Å². The summed E-state index contributed by atoms with van der Waals surface area (Å²) in [7, 11) is 0. The SMILES string of the molecule is CCOC(=O)C(CCn1nc(CC)nc1CC)NC1CC1. The van der Waals surface area contributed by atoms with Gasteiger partial charge in [-0.25, -0.2) is 9.67 Å². The van der Waals surface area contributed by atoms with Gasteiger partial charge in [0.2, 0.25) is 0 Å². The number of nitrogens with zero attached hydrogens (tertiary/aromatic N) is 3. The fourth-order valence-corrected chi connectivity index (χ4v) is 2.31. The van der Waals surface area contributed by atoms with Gasteiger partial charge in [-0.3, -0.25) is 4.79 Å². The Balaban J connectivity index is 1.96. The van der Waals surface area contributed by atoms with Crippen LogP contribution in [0.2, 0.25) is 0 Å². The first-order valence-electron chi connectivity index (χ1n) is 8.03.